The van der Waals surface area contributed by atoms with E-state index in [-0.39, 0.29) is 11.4 Å². The predicted molar refractivity (Wildman–Crippen MR) is 120 cm³/mol. The molecule has 4 rings (SSSR count). The molecule has 2 aromatic rings. The van der Waals surface area contributed by atoms with Gasteiger partial charge in [-0.05, 0) is 19.3 Å². The standard InChI is InChI=1S/C23H34N6O2/c1-23(2,3)21-25-18(17-6-4-7-17)16-19(26-21)29-13-11-28(12-14-29)10-5-15-31-20-8-9-24-22(30)27-20/h8-9,16-17H,4-7,10-15H2,1-3H3,(H,24,27,30). The Balaban J connectivity index is 1.29. The highest BCUT2D eigenvalue weighted by atomic mass is 16.5. The highest BCUT2D eigenvalue weighted by Gasteiger charge is 2.27. The average Bonchev–Trinajstić information content (AvgIpc) is 2.70. The lowest BCUT2D eigenvalue weighted by Gasteiger charge is -2.36. The summed E-state index contributed by atoms with van der Waals surface area (Å²) < 4.78 is 5.60. The monoisotopic (exact) mass is 426 g/mol. The Hall–Kier alpha value is -2.48. The second kappa shape index (κ2) is 9.34. The van der Waals surface area contributed by atoms with Crippen LogP contribution in [-0.2, 0) is 5.41 Å². The second-order valence-electron chi connectivity index (χ2n) is 9.58. The molecule has 8 nitrogen and oxygen atoms in total. The quantitative estimate of drug-likeness (QED) is 0.676. The first-order valence-electron chi connectivity index (χ1n) is 11.4. The molecule has 0 radical (unpaired) electrons. The molecule has 1 saturated carbocycles. The average molecular weight is 427 g/mol. The SMILES string of the molecule is CC(C)(C)c1nc(C2CCC2)cc(N2CCN(CCCOc3ccnc(O)n3)CC2)n1. The number of hydrogen-bond acceptors (Lipinski definition) is 8. The van der Waals surface area contributed by atoms with Crippen LogP contribution < -0.4 is 9.64 Å². The molecule has 1 aliphatic heterocycles. The van der Waals surface area contributed by atoms with Crippen molar-refractivity contribution >= 4 is 5.82 Å². The lowest BCUT2D eigenvalue weighted by molar-refractivity contribution is 0.220. The number of nitrogens with zero attached hydrogens (tertiary/aromatic N) is 6. The van der Waals surface area contributed by atoms with E-state index in [2.05, 4.69) is 46.6 Å². The summed E-state index contributed by atoms with van der Waals surface area (Å²) >= 11 is 0. The van der Waals surface area contributed by atoms with Crippen LogP contribution >= 0.6 is 0 Å². The molecule has 8 heteroatoms. The van der Waals surface area contributed by atoms with Crippen molar-refractivity contribution in [1.29, 1.82) is 0 Å². The summed E-state index contributed by atoms with van der Waals surface area (Å²) in [6.45, 7) is 12.1. The van der Waals surface area contributed by atoms with Crippen LogP contribution in [0, 0.1) is 0 Å². The largest absolute Gasteiger partial charge is 0.479 e. The number of hydrogen-bond donors (Lipinski definition) is 1. The van der Waals surface area contributed by atoms with Gasteiger partial charge < -0.3 is 14.7 Å². The molecular formula is C23H34N6O2. The molecular weight excluding hydrogens is 392 g/mol. The Morgan fingerprint density at radius 2 is 1.87 bits per heavy atom. The third-order valence-electron chi connectivity index (χ3n) is 6.11. The number of piperazine rings is 1. The minimum atomic E-state index is -0.256. The van der Waals surface area contributed by atoms with Gasteiger partial charge in [-0.25, -0.2) is 15.0 Å². The smallest absolute Gasteiger partial charge is 0.317 e. The van der Waals surface area contributed by atoms with Crippen molar-refractivity contribution < 1.29 is 9.84 Å². The summed E-state index contributed by atoms with van der Waals surface area (Å²) in [7, 11) is 0. The fourth-order valence-electron chi connectivity index (χ4n) is 3.94. The molecule has 31 heavy (non-hydrogen) atoms. The van der Waals surface area contributed by atoms with Gasteiger partial charge in [-0.3, -0.25) is 4.90 Å². The lowest BCUT2D eigenvalue weighted by atomic mass is 9.82. The second-order valence-corrected chi connectivity index (χ2v) is 9.58. The summed E-state index contributed by atoms with van der Waals surface area (Å²) in [6, 6.07) is 3.64. The van der Waals surface area contributed by atoms with E-state index in [0.29, 0.717) is 18.4 Å². The maximum Gasteiger partial charge on any atom is 0.317 e. The highest BCUT2D eigenvalue weighted by Crippen LogP contribution is 2.37. The Labute approximate surface area is 184 Å². The van der Waals surface area contributed by atoms with Crippen molar-refractivity contribution in [3.63, 3.8) is 0 Å². The number of anilines is 1. The molecule has 0 amide bonds. The zero-order valence-corrected chi connectivity index (χ0v) is 18.9. The molecule has 2 aromatic heterocycles. The van der Waals surface area contributed by atoms with Crippen LogP contribution in [0.5, 0.6) is 11.9 Å². The van der Waals surface area contributed by atoms with Crippen LogP contribution in [0.2, 0.25) is 0 Å². The van der Waals surface area contributed by atoms with Crippen LogP contribution in [0.1, 0.15) is 63.9 Å². The molecule has 3 heterocycles. The fourth-order valence-corrected chi connectivity index (χ4v) is 3.94. The van der Waals surface area contributed by atoms with Crippen LogP contribution in [0.4, 0.5) is 5.82 Å². The minimum Gasteiger partial charge on any atom is -0.479 e. The summed E-state index contributed by atoms with van der Waals surface area (Å²) in [4.78, 5) is 22.3. The summed E-state index contributed by atoms with van der Waals surface area (Å²) in [5.41, 5.74) is 1.19. The van der Waals surface area contributed by atoms with Gasteiger partial charge in [-0.15, -0.1) is 0 Å². The molecule has 0 unspecified atom stereocenters. The van der Waals surface area contributed by atoms with Gasteiger partial charge in [0.2, 0.25) is 5.88 Å². The van der Waals surface area contributed by atoms with Crippen LogP contribution in [0.3, 0.4) is 0 Å². The Bertz CT molecular complexity index is 873. The Morgan fingerprint density at radius 3 is 2.52 bits per heavy atom. The molecule has 0 aromatic carbocycles. The molecule has 0 bridgehead atoms. The van der Waals surface area contributed by atoms with Gasteiger partial charge in [0.25, 0.3) is 0 Å². The van der Waals surface area contributed by atoms with E-state index in [4.69, 9.17) is 14.7 Å². The van der Waals surface area contributed by atoms with E-state index in [9.17, 15) is 5.11 Å². The number of rotatable bonds is 7. The summed E-state index contributed by atoms with van der Waals surface area (Å²) in [5.74, 6) is 3.08. The van der Waals surface area contributed by atoms with Crippen molar-refractivity contribution in [3.05, 3.63) is 29.8 Å². The van der Waals surface area contributed by atoms with Crippen molar-refractivity contribution in [2.75, 3.05) is 44.2 Å². The lowest BCUT2D eigenvalue weighted by Crippen LogP contribution is -2.47. The van der Waals surface area contributed by atoms with Gasteiger partial charge >= 0.3 is 6.01 Å². The van der Waals surface area contributed by atoms with Crippen molar-refractivity contribution in [1.82, 2.24) is 24.8 Å². The molecule has 2 fully saturated rings. The van der Waals surface area contributed by atoms with E-state index >= 15 is 0 Å². The molecule has 1 saturated heterocycles. The molecule has 2 aliphatic rings. The maximum absolute atomic E-state index is 9.29. The van der Waals surface area contributed by atoms with Crippen LogP contribution in [-0.4, -0.2) is 69.3 Å². The van der Waals surface area contributed by atoms with Gasteiger partial charge in [-0.1, -0.05) is 27.2 Å². The maximum atomic E-state index is 9.29. The predicted octanol–water partition coefficient (Wildman–Crippen LogP) is 3.13. The number of ether oxygens (including phenoxy) is 1. The van der Waals surface area contributed by atoms with Crippen molar-refractivity contribution in [2.45, 2.75) is 57.8 Å². The van der Waals surface area contributed by atoms with Crippen molar-refractivity contribution in [3.8, 4) is 11.9 Å². The van der Waals surface area contributed by atoms with E-state index in [0.717, 1.165) is 50.8 Å². The van der Waals surface area contributed by atoms with Gasteiger partial charge in [0.05, 0.1) is 6.61 Å². The van der Waals surface area contributed by atoms with Crippen LogP contribution in [0.15, 0.2) is 18.3 Å². The first-order chi connectivity index (χ1) is 14.9. The number of aromatic hydroxyl groups is 1. The van der Waals surface area contributed by atoms with Crippen molar-refractivity contribution in [2.24, 2.45) is 0 Å². The highest BCUT2D eigenvalue weighted by molar-refractivity contribution is 5.42. The zero-order valence-electron chi connectivity index (χ0n) is 18.9. The first-order valence-corrected chi connectivity index (χ1v) is 11.4. The Morgan fingerprint density at radius 1 is 1.10 bits per heavy atom. The third-order valence-corrected chi connectivity index (χ3v) is 6.11. The number of aromatic nitrogens is 4. The van der Waals surface area contributed by atoms with Gasteiger partial charge in [0, 0.05) is 68.1 Å². The van der Waals surface area contributed by atoms with E-state index in [1.54, 1.807) is 6.07 Å². The normalized spacial score (nSPS) is 18.1. The van der Waals surface area contributed by atoms with Crippen LogP contribution in [0.25, 0.3) is 0 Å². The van der Waals surface area contributed by atoms with E-state index < -0.39 is 0 Å². The molecule has 1 N–H and O–H groups in total. The molecule has 0 spiro atoms. The first kappa shape index (κ1) is 21.7. The molecule has 1 aliphatic carbocycles. The summed E-state index contributed by atoms with van der Waals surface area (Å²) in [6.07, 6.45) is 6.23. The van der Waals surface area contributed by atoms with Gasteiger partial charge in [0.15, 0.2) is 0 Å². The zero-order chi connectivity index (χ0) is 21.8. The van der Waals surface area contributed by atoms with E-state index in [1.165, 1.54) is 31.2 Å². The molecule has 168 valence electrons. The third kappa shape index (κ3) is 5.61. The van der Waals surface area contributed by atoms with E-state index in [1.807, 2.05) is 0 Å². The molecule has 0 atom stereocenters. The van der Waals surface area contributed by atoms with Gasteiger partial charge in [0.1, 0.15) is 11.6 Å². The minimum absolute atomic E-state index is 0.0448. The van der Waals surface area contributed by atoms with Gasteiger partial charge in [-0.2, -0.15) is 4.98 Å². The fraction of sp³-hybridized carbons (Fsp3) is 0.652. The summed E-state index contributed by atoms with van der Waals surface area (Å²) in [5, 5.41) is 9.29. The topological polar surface area (TPSA) is 87.5 Å². The Kier molecular flexibility index (Phi) is 6.55.